The summed E-state index contributed by atoms with van der Waals surface area (Å²) >= 11 is 0. The third-order valence-electron chi connectivity index (χ3n) is 4.81. The van der Waals surface area contributed by atoms with Gasteiger partial charge in [-0.05, 0) is 25.0 Å². The van der Waals surface area contributed by atoms with Gasteiger partial charge in [-0.2, -0.15) is 4.31 Å². The fraction of sp³-hybridized carbons (Fsp3) is 0.706. The molecule has 0 radical (unpaired) electrons. The van der Waals surface area contributed by atoms with Crippen molar-refractivity contribution in [3.63, 3.8) is 0 Å². The lowest BCUT2D eigenvalue weighted by Crippen LogP contribution is -2.40. The van der Waals surface area contributed by atoms with Gasteiger partial charge in [0, 0.05) is 19.1 Å². The summed E-state index contributed by atoms with van der Waals surface area (Å²) in [4.78, 5) is 12.4. The number of sulfonamides is 1. The molecule has 0 atom stereocenters. The van der Waals surface area contributed by atoms with E-state index in [4.69, 9.17) is 9.15 Å². The number of nitrogens with zero attached hydrogens (tertiary/aromatic N) is 1. The van der Waals surface area contributed by atoms with Crippen molar-refractivity contribution < 1.29 is 22.4 Å². The SMILES string of the molecule is O=C(NC1CCCCCCC1)c1ccc(S(=O)(=O)N2CCOCC2)o1. The van der Waals surface area contributed by atoms with Crippen molar-refractivity contribution in [1.82, 2.24) is 9.62 Å². The van der Waals surface area contributed by atoms with Crippen LogP contribution in [0.4, 0.5) is 0 Å². The Morgan fingerprint density at radius 2 is 1.68 bits per heavy atom. The van der Waals surface area contributed by atoms with Crippen LogP contribution in [0.3, 0.4) is 0 Å². The van der Waals surface area contributed by atoms with Gasteiger partial charge < -0.3 is 14.5 Å². The van der Waals surface area contributed by atoms with E-state index in [0.29, 0.717) is 26.3 Å². The molecule has 25 heavy (non-hydrogen) atoms. The molecule has 1 N–H and O–H groups in total. The zero-order valence-electron chi connectivity index (χ0n) is 14.4. The maximum absolute atomic E-state index is 12.5. The van der Waals surface area contributed by atoms with Gasteiger partial charge in [-0.25, -0.2) is 8.42 Å². The van der Waals surface area contributed by atoms with Crippen molar-refractivity contribution >= 4 is 15.9 Å². The van der Waals surface area contributed by atoms with Crippen LogP contribution in [0.15, 0.2) is 21.6 Å². The average molecular weight is 370 g/mol. The first-order valence-corrected chi connectivity index (χ1v) is 10.5. The summed E-state index contributed by atoms with van der Waals surface area (Å²) in [5.74, 6) is -0.289. The van der Waals surface area contributed by atoms with E-state index in [-0.39, 0.29) is 22.8 Å². The maximum atomic E-state index is 12.5. The number of hydrogen-bond donors (Lipinski definition) is 1. The van der Waals surface area contributed by atoms with Gasteiger partial charge in [-0.15, -0.1) is 0 Å². The Hall–Kier alpha value is -1.38. The standard InChI is InChI=1S/C17H26N2O5S/c20-17(18-14-6-4-2-1-3-5-7-14)15-8-9-16(24-15)25(21,22)19-10-12-23-13-11-19/h8-9,14H,1-7,10-13H2,(H,18,20). The number of nitrogens with one attached hydrogen (secondary N) is 1. The average Bonchev–Trinajstić information content (AvgIpc) is 3.09. The van der Waals surface area contributed by atoms with Crippen molar-refractivity contribution in [3.8, 4) is 0 Å². The topological polar surface area (TPSA) is 88.9 Å². The minimum Gasteiger partial charge on any atom is -0.438 e. The quantitative estimate of drug-likeness (QED) is 0.877. The van der Waals surface area contributed by atoms with Crippen LogP contribution in [0.2, 0.25) is 0 Å². The first-order chi connectivity index (χ1) is 12.1. The summed E-state index contributed by atoms with van der Waals surface area (Å²) in [5, 5.41) is 2.80. The van der Waals surface area contributed by atoms with E-state index in [1.165, 1.54) is 35.7 Å². The maximum Gasteiger partial charge on any atom is 0.287 e. The van der Waals surface area contributed by atoms with Crippen LogP contribution in [-0.4, -0.2) is 51.0 Å². The van der Waals surface area contributed by atoms with Gasteiger partial charge in [-0.3, -0.25) is 4.79 Å². The number of amides is 1. The highest BCUT2D eigenvalue weighted by Crippen LogP contribution is 2.21. The molecule has 7 nitrogen and oxygen atoms in total. The van der Waals surface area contributed by atoms with Crippen molar-refractivity contribution in [1.29, 1.82) is 0 Å². The zero-order chi connectivity index (χ0) is 17.7. The molecule has 1 saturated heterocycles. The van der Waals surface area contributed by atoms with Gasteiger partial charge in [0.1, 0.15) is 0 Å². The number of hydrogen-bond acceptors (Lipinski definition) is 5. The molecule has 2 heterocycles. The van der Waals surface area contributed by atoms with Crippen molar-refractivity contribution in [2.24, 2.45) is 0 Å². The van der Waals surface area contributed by atoms with Crippen LogP contribution < -0.4 is 5.32 Å². The molecule has 1 aromatic rings. The second kappa shape index (κ2) is 8.33. The predicted octanol–water partition coefficient (Wildman–Crippen LogP) is 2.14. The summed E-state index contributed by atoms with van der Waals surface area (Å²) in [6.07, 6.45) is 7.82. The molecule has 3 rings (SSSR count). The van der Waals surface area contributed by atoms with Gasteiger partial charge in [0.15, 0.2) is 5.76 Å². The Morgan fingerprint density at radius 1 is 1.04 bits per heavy atom. The first-order valence-electron chi connectivity index (χ1n) is 9.06. The summed E-state index contributed by atoms with van der Waals surface area (Å²) < 4.78 is 37.0. The highest BCUT2D eigenvalue weighted by Gasteiger charge is 2.30. The summed E-state index contributed by atoms with van der Waals surface area (Å²) in [6.45, 7) is 1.34. The van der Waals surface area contributed by atoms with Gasteiger partial charge in [0.05, 0.1) is 13.2 Å². The number of rotatable bonds is 4. The predicted molar refractivity (Wildman–Crippen MR) is 91.9 cm³/mol. The number of morpholine rings is 1. The molecule has 8 heteroatoms. The number of ether oxygens (including phenoxy) is 1. The lowest BCUT2D eigenvalue weighted by atomic mass is 9.97. The molecule has 0 bridgehead atoms. The zero-order valence-corrected chi connectivity index (χ0v) is 15.2. The fourth-order valence-corrected chi connectivity index (χ4v) is 4.67. The Morgan fingerprint density at radius 3 is 2.36 bits per heavy atom. The Kier molecular flexibility index (Phi) is 6.14. The van der Waals surface area contributed by atoms with Crippen LogP contribution >= 0.6 is 0 Å². The second-order valence-corrected chi connectivity index (χ2v) is 8.52. The molecule has 1 saturated carbocycles. The minimum absolute atomic E-state index is 0.0499. The number of furan rings is 1. The fourth-order valence-electron chi connectivity index (χ4n) is 3.35. The summed E-state index contributed by atoms with van der Waals surface area (Å²) in [6, 6.07) is 2.93. The molecule has 1 amide bonds. The van der Waals surface area contributed by atoms with Gasteiger partial charge in [0.2, 0.25) is 5.09 Å². The van der Waals surface area contributed by atoms with Crippen molar-refractivity contribution in [2.75, 3.05) is 26.3 Å². The Bertz CT molecular complexity index is 671. The molecule has 0 spiro atoms. The van der Waals surface area contributed by atoms with Crippen molar-refractivity contribution in [2.45, 2.75) is 56.1 Å². The number of carbonyl (C=O) groups is 1. The minimum atomic E-state index is -3.71. The van der Waals surface area contributed by atoms with Crippen LogP contribution in [0.1, 0.15) is 55.5 Å². The smallest absolute Gasteiger partial charge is 0.287 e. The van der Waals surface area contributed by atoms with Gasteiger partial charge in [0.25, 0.3) is 15.9 Å². The van der Waals surface area contributed by atoms with E-state index in [1.807, 2.05) is 0 Å². The summed E-state index contributed by atoms with van der Waals surface area (Å²) in [5.41, 5.74) is 0. The molecule has 0 unspecified atom stereocenters. The normalized spacial score (nSPS) is 21.4. The van der Waals surface area contributed by atoms with Crippen LogP contribution in [0.25, 0.3) is 0 Å². The van der Waals surface area contributed by atoms with E-state index < -0.39 is 10.0 Å². The van der Waals surface area contributed by atoms with E-state index in [2.05, 4.69) is 5.32 Å². The van der Waals surface area contributed by atoms with Gasteiger partial charge >= 0.3 is 0 Å². The lowest BCUT2D eigenvalue weighted by molar-refractivity contribution is 0.0722. The van der Waals surface area contributed by atoms with Gasteiger partial charge in [-0.1, -0.05) is 32.1 Å². The third kappa shape index (κ3) is 4.62. The van der Waals surface area contributed by atoms with E-state index in [0.717, 1.165) is 25.7 Å². The first kappa shape index (κ1) is 18.4. The summed E-state index contributed by atoms with van der Waals surface area (Å²) in [7, 11) is -3.71. The van der Waals surface area contributed by atoms with Crippen LogP contribution in [0, 0.1) is 0 Å². The molecule has 2 aliphatic rings. The highest BCUT2D eigenvalue weighted by atomic mass is 32.2. The second-order valence-electron chi connectivity index (χ2n) is 6.65. The third-order valence-corrected chi connectivity index (χ3v) is 6.58. The van der Waals surface area contributed by atoms with Crippen molar-refractivity contribution in [3.05, 3.63) is 17.9 Å². The van der Waals surface area contributed by atoms with Crippen LogP contribution in [0.5, 0.6) is 0 Å². The molecule has 0 aromatic carbocycles. The monoisotopic (exact) mass is 370 g/mol. The molecular weight excluding hydrogens is 344 g/mol. The molecule has 1 aliphatic heterocycles. The molecule has 1 aliphatic carbocycles. The van der Waals surface area contributed by atoms with E-state index >= 15 is 0 Å². The Balaban J connectivity index is 1.64. The van der Waals surface area contributed by atoms with Crippen LogP contribution in [-0.2, 0) is 14.8 Å². The molecule has 1 aromatic heterocycles. The largest absolute Gasteiger partial charge is 0.438 e. The molecular formula is C17H26N2O5S. The Labute approximate surface area is 148 Å². The van der Waals surface area contributed by atoms with E-state index in [9.17, 15) is 13.2 Å². The molecule has 2 fully saturated rings. The molecule has 140 valence electrons. The van der Waals surface area contributed by atoms with E-state index in [1.54, 1.807) is 0 Å². The highest BCUT2D eigenvalue weighted by molar-refractivity contribution is 7.89. The number of carbonyl (C=O) groups excluding carboxylic acids is 1. The lowest BCUT2D eigenvalue weighted by Gasteiger charge is -2.24.